The van der Waals surface area contributed by atoms with Gasteiger partial charge in [0.1, 0.15) is 12.2 Å². The molecule has 6 nitrogen and oxygen atoms in total. The summed E-state index contributed by atoms with van der Waals surface area (Å²) in [5, 5.41) is 35.7. The summed E-state index contributed by atoms with van der Waals surface area (Å²) < 4.78 is 0. The third-order valence-corrected chi connectivity index (χ3v) is 0.782. The minimum absolute atomic E-state index is 0.230. The van der Waals surface area contributed by atoms with E-state index in [0.717, 1.165) is 0 Å². The van der Waals surface area contributed by atoms with Gasteiger partial charge in [0.2, 0.25) is 0 Å². The summed E-state index contributed by atoms with van der Waals surface area (Å²) in [4.78, 5) is 23.9. The summed E-state index contributed by atoms with van der Waals surface area (Å²) in [5.74, 6) is -4.12. The molecule has 7 heteroatoms. The van der Waals surface area contributed by atoms with Gasteiger partial charge < -0.3 is 30.0 Å². The molecular formula is C6H10O6Sn. The van der Waals surface area contributed by atoms with Crippen LogP contribution in [0.15, 0.2) is 0 Å². The molecule has 0 saturated heterocycles. The molecule has 0 aromatic carbocycles. The van der Waals surface area contributed by atoms with Crippen LogP contribution in [0.5, 0.6) is 0 Å². The van der Waals surface area contributed by atoms with E-state index in [4.69, 9.17) is 10.2 Å². The van der Waals surface area contributed by atoms with Gasteiger partial charge in [0.05, 0.1) is 11.9 Å². The number of carboxylic acids is 2. The Hall–Kier alpha value is -0.341. The van der Waals surface area contributed by atoms with Crippen molar-refractivity contribution in [1.29, 1.82) is 0 Å². The van der Waals surface area contributed by atoms with Gasteiger partial charge in [-0.2, -0.15) is 0 Å². The molecule has 0 bridgehead atoms. The fourth-order valence-electron chi connectivity index (χ4n) is 0.258. The van der Waals surface area contributed by atoms with Gasteiger partial charge in [0, 0.05) is 0 Å². The van der Waals surface area contributed by atoms with E-state index in [9.17, 15) is 19.8 Å². The van der Waals surface area contributed by atoms with Crippen molar-refractivity contribution in [2.45, 2.75) is 22.1 Å². The number of aliphatic hydroxyl groups excluding tert-OH is 2. The SMILES string of the molecule is O=C([O-])C(O)C(O)C(=O)[O-].[CH3][Sn+2][CH3]. The Morgan fingerprint density at radius 3 is 1.31 bits per heavy atom. The summed E-state index contributed by atoms with van der Waals surface area (Å²) >= 11 is 0.230. The predicted octanol–water partition coefficient (Wildman–Crippen LogP) is -4.01. The van der Waals surface area contributed by atoms with Gasteiger partial charge in [0.25, 0.3) is 0 Å². The molecule has 0 fully saturated rings. The molecule has 0 amide bonds. The van der Waals surface area contributed by atoms with Crippen molar-refractivity contribution in [2.24, 2.45) is 0 Å². The van der Waals surface area contributed by atoms with Crippen LogP contribution in [0.2, 0.25) is 9.88 Å². The van der Waals surface area contributed by atoms with Crippen LogP contribution in [-0.4, -0.2) is 55.5 Å². The molecule has 0 aromatic heterocycles. The van der Waals surface area contributed by atoms with E-state index in [1.54, 1.807) is 0 Å². The Kier molecular flexibility index (Phi) is 9.63. The molecule has 0 radical (unpaired) electrons. The van der Waals surface area contributed by atoms with Crippen LogP contribution in [0.4, 0.5) is 0 Å². The molecule has 2 N–H and O–H groups in total. The normalized spacial score (nSPS) is 12.9. The van der Waals surface area contributed by atoms with Crippen LogP contribution >= 0.6 is 0 Å². The fourth-order valence-corrected chi connectivity index (χ4v) is 0.258. The van der Waals surface area contributed by atoms with Crippen LogP contribution in [-0.2, 0) is 9.59 Å². The molecule has 74 valence electrons. The van der Waals surface area contributed by atoms with E-state index < -0.39 is 24.1 Å². The molecule has 13 heavy (non-hydrogen) atoms. The fraction of sp³-hybridized carbons (Fsp3) is 0.667. The van der Waals surface area contributed by atoms with Gasteiger partial charge in [-0.05, 0) is 0 Å². The standard InChI is InChI=1S/C4H6O6.2CH3.Sn/c5-1(3(7)8)2(6)4(9)10;;;/h1-2,5-6H,(H,7,8)(H,9,10);2*1H3;/q;;;+2/p-2. The summed E-state index contributed by atoms with van der Waals surface area (Å²) in [6.07, 6.45) is -4.88. The second kappa shape index (κ2) is 8.27. The van der Waals surface area contributed by atoms with E-state index in [0.29, 0.717) is 0 Å². The van der Waals surface area contributed by atoms with E-state index in [2.05, 4.69) is 9.88 Å². The quantitative estimate of drug-likeness (QED) is 0.512. The van der Waals surface area contributed by atoms with Crippen molar-refractivity contribution in [3.63, 3.8) is 0 Å². The minimum atomic E-state index is -2.44. The molecular weight excluding hydrogens is 287 g/mol. The molecule has 0 heterocycles. The summed E-state index contributed by atoms with van der Waals surface area (Å²) in [5.41, 5.74) is 0. The number of aliphatic hydroxyl groups is 2. The number of carboxylic acid groups (broad SMARTS) is 2. The molecule has 0 saturated carbocycles. The maximum atomic E-state index is 9.63. The summed E-state index contributed by atoms with van der Waals surface area (Å²) in [6.45, 7) is 0. The second-order valence-electron chi connectivity index (χ2n) is 2.03. The Morgan fingerprint density at radius 1 is 1.08 bits per heavy atom. The molecule has 0 aliphatic carbocycles. The van der Waals surface area contributed by atoms with E-state index >= 15 is 0 Å². The third kappa shape index (κ3) is 8.00. The van der Waals surface area contributed by atoms with Crippen molar-refractivity contribution in [3.8, 4) is 0 Å². The number of hydrogen-bond acceptors (Lipinski definition) is 6. The number of hydrogen-bond donors (Lipinski definition) is 2. The molecule has 2 unspecified atom stereocenters. The number of carbonyl (C=O) groups is 2. The molecule has 0 rings (SSSR count). The van der Waals surface area contributed by atoms with Crippen LogP contribution in [0, 0.1) is 0 Å². The van der Waals surface area contributed by atoms with Gasteiger partial charge in [-0.3, -0.25) is 0 Å². The number of rotatable bonds is 3. The van der Waals surface area contributed by atoms with E-state index in [-0.39, 0.29) is 21.1 Å². The van der Waals surface area contributed by atoms with Gasteiger partial charge in [-0.1, -0.05) is 0 Å². The molecule has 0 spiro atoms. The van der Waals surface area contributed by atoms with Crippen molar-refractivity contribution < 1.29 is 30.0 Å². The Bertz CT molecular complexity index is 153. The Labute approximate surface area is 85.4 Å². The molecule has 0 aliphatic heterocycles. The topological polar surface area (TPSA) is 121 Å². The van der Waals surface area contributed by atoms with Gasteiger partial charge >= 0.3 is 31.0 Å². The molecule has 0 aliphatic rings. The van der Waals surface area contributed by atoms with Gasteiger partial charge in [0.15, 0.2) is 0 Å². The first-order valence-corrected chi connectivity index (χ1v) is 8.95. The number of aliphatic carboxylic acids is 2. The first kappa shape index (κ1) is 15.1. The van der Waals surface area contributed by atoms with E-state index in [1.807, 2.05) is 0 Å². The first-order chi connectivity index (χ1) is 5.88. The first-order valence-electron chi connectivity index (χ1n) is 3.24. The van der Waals surface area contributed by atoms with Crippen molar-refractivity contribution >= 4 is 33.1 Å². The van der Waals surface area contributed by atoms with Crippen molar-refractivity contribution in [1.82, 2.24) is 0 Å². The van der Waals surface area contributed by atoms with Gasteiger partial charge in [-0.15, -0.1) is 0 Å². The van der Waals surface area contributed by atoms with Crippen molar-refractivity contribution in [3.05, 3.63) is 0 Å². The summed E-state index contributed by atoms with van der Waals surface area (Å²) in [7, 11) is 0. The predicted molar refractivity (Wildman–Crippen MR) is 39.5 cm³/mol. The van der Waals surface area contributed by atoms with Crippen LogP contribution < -0.4 is 10.2 Å². The third-order valence-electron chi connectivity index (χ3n) is 0.782. The summed E-state index contributed by atoms with van der Waals surface area (Å²) in [6, 6.07) is 0. The zero-order valence-corrected chi connectivity index (χ0v) is 10.0. The van der Waals surface area contributed by atoms with E-state index in [1.165, 1.54) is 0 Å². The molecule has 2 atom stereocenters. The van der Waals surface area contributed by atoms with Crippen LogP contribution in [0.25, 0.3) is 0 Å². The van der Waals surface area contributed by atoms with Crippen molar-refractivity contribution in [2.75, 3.05) is 0 Å². The zero-order valence-electron chi connectivity index (χ0n) is 7.18. The molecule has 0 aromatic rings. The van der Waals surface area contributed by atoms with Gasteiger partial charge in [-0.25, -0.2) is 0 Å². The zero-order chi connectivity index (χ0) is 11.0. The Morgan fingerprint density at radius 2 is 1.23 bits per heavy atom. The Balaban J connectivity index is 0. The monoisotopic (exact) mass is 298 g/mol. The maximum absolute atomic E-state index is 9.63. The average Bonchev–Trinajstić information content (AvgIpc) is 2.03. The average molecular weight is 297 g/mol. The van der Waals surface area contributed by atoms with Crippen LogP contribution in [0.3, 0.4) is 0 Å². The second-order valence-corrected chi connectivity index (χ2v) is 4.88. The van der Waals surface area contributed by atoms with Crippen LogP contribution in [0.1, 0.15) is 0 Å². The number of carbonyl (C=O) groups excluding carboxylic acids is 2.